The first kappa shape index (κ1) is 27.4. The van der Waals surface area contributed by atoms with E-state index < -0.39 is 5.82 Å². The van der Waals surface area contributed by atoms with Gasteiger partial charge in [-0.2, -0.15) is 10.4 Å². The molecule has 42 heavy (non-hydrogen) atoms. The molecule has 2 aliphatic rings. The predicted octanol–water partition coefficient (Wildman–Crippen LogP) is 4.45. The number of benzene rings is 2. The van der Waals surface area contributed by atoms with Gasteiger partial charge in [0.05, 0.1) is 18.0 Å². The molecule has 2 saturated heterocycles. The lowest BCUT2D eigenvalue weighted by Crippen LogP contribution is -2.39. The molecule has 10 nitrogen and oxygen atoms in total. The number of carbonyl (C=O) groups is 1. The number of halogens is 1. The van der Waals surface area contributed by atoms with E-state index in [1.807, 2.05) is 24.3 Å². The van der Waals surface area contributed by atoms with Gasteiger partial charge in [0.15, 0.2) is 5.65 Å². The molecular formula is C31H31FN8O2. The van der Waals surface area contributed by atoms with Crippen LogP contribution in [0.25, 0.3) is 22.3 Å². The minimum atomic E-state index is -0.530. The van der Waals surface area contributed by atoms with Crippen LogP contribution in [-0.4, -0.2) is 56.2 Å². The van der Waals surface area contributed by atoms with E-state index in [0.29, 0.717) is 41.3 Å². The quantitative estimate of drug-likeness (QED) is 0.248. The Bertz CT molecular complexity index is 1670. The number of nitrogens with two attached hydrogens (primary N) is 1. The van der Waals surface area contributed by atoms with Crippen molar-refractivity contribution in [2.75, 3.05) is 25.4 Å². The lowest BCUT2D eigenvalue weighted by Gasteiger charge is -2.25. The van der Waals surface area contributed by atoms with Crippen molar-refractivity contribution in [1.82, 2.24) is 30.0 Å². The van der Waals surface area contributed by atoms with Gasteiger partial charge in [-0.15, -0.1) is 0 Å². The van der Waals surface area contributed by atoms with Crippen LogP contribution < -0.4 is 15.8 Å². The number of amides is 1. The lowest BCUT2D eigenvalue weighted by atomic mass is 9.95. The summed E-state index contributed by atoms with van der Waals surface area (Å²) in [4.78, 5) is 23.8. The number of ether oxygens (including phenoxy) is 1. The molecule has 0 unspecified atom stereocenters. The molecule has 2 aromatic heterocycles. The van der Waals surface area contributed by atoms with Crippen LogP contribution in [0.15, 0.2) is 66.5 Å². The van der Waals surface area contributed by atoms with Crippen LogP contribution in [0.3, 0.4) is 0 Å². The molecular weight excluding hydrogens is 535 g/mol. The molecule has 2 aliphatic heterocycles. The molecule has 0 aliphatic carbocycles. The van der Waals surface area contributed by atoms with Crippen molar-refractivity contribution in [3.63, 3.8) is 0 Å². The summed E-state index contributed by atoms with van der Waals surface area (Å²) in [6.45, 7) is 2.63. The lowest BCUT2D eigenvalue weighted by molar-refractivity contribution is -0.127. The number of nitrogen functional groups attached to an aromatic ring is 1. The van der Waals surface area contributed by atoms with E-state index in [9.17, 15) is 10.1 Å². The average Bonchev–Trinajstić information content (AvgIpc) is 3.62. The van der Waals surface area contributed by atoms with Crippen LogP contribution in [0.2, 0.25) is 0 Å². The fourth-order valence-electron chi connectivity index (χ4n) is 5.77. The fraction of sp³-hybridized carbons (Fsp3) is 0.323. The van der Waals surface area contributed by atoms with E-state index in [-0.39, 0.29) is 34.8 Å². The third-order valence-electron chi connectivity index (χ3n) is 7.89. The van der Waals surface area contributed by atoms with Crippen molar-refractivity contribution in [2.45, 2.75) is 38.3 Å². The summed E-state index contributed by atoms with van der Waals surface area (Å²) in [5, 5.41) is 18.3. The van der Waals surface area contributed by atoms with E-state index in [1.165, 1.54) is 12.4 Å². The summed E-state index contributed by atoms with van der Waals surface area (Å²) < 4.78 is 22.9. The highest BCUT2D eigenvalue weighted by molar-refractivity contribution is 5.99. The number of carbonyl (C=O) groups excluding carboxylic acids is 1. The zero-order chi connectivity index (χ0) is 29.1. The number of piperidine rings is 1. The maximum Gasteiger partial charge on any atom is 0.264 e. The molecule has 0 bridgehead atoms. The van der Waals surface area contributed by atoms with E-state index in [1.54, 1.807) is 33.8 Å². The molecule has 214 valence electrons. The number of rotatable bonds is 7. The molecule has 6 rings (SSSR count). The zero-order valence-electron chi connectivity index (χ0n) is 23.0. The molecule has 1 amide bonds. The molecule has 3 N–H and O–H groups in total. The highest BCUT2D eigenvalue weighted by atomic mass is 19.1. The largest absolute Gasteiger partial charge is 0.457 e. The number of nitrogens with zero attached hydrogens (tertiary/aromatic N) is 6. The normalized spacial score (nSPS) is 17.9. The Labute approximate surface area is 242 Å². The van der Waals surface area contributed by atoms with Gasteiger partial charge in [-0.1, -0.05) is 24.3 Å². The third kappa shape index (κ3) is 5.53. The second-order valence-corrected chi connectivity index (χ2v) is 10.6. The number of nitriles is 1. The summed E-state index contributed by atoms with van der Waals surface area (Å²) in [7, 11) is 0. The minimum absolute atomic E-state index is 0.182. The van der Waals surface area contributed by atoms with Gasteiger partial charge in [0.25, 0.3) is 5.91 Å². The van der Waals surface area contributed by atoms with Crippen molar-refractivity contribution < 1.29 is 13.9 Å². The number of anilines is 1. The number of nitrogens with one attached hydrogen (secondary N) is 1. The monoisotopic (exact) mass is 566 g/mol. The second-order valence-electron chi connectivity index (χ2n) is 10.6. The van der Waals surface area contributed by atoms with E-state index in [0.717, 1.165) is 38.8 Å². The number of likely N-dealkylation sites (tertiary alicyclic amines) is 1. The fourth-order valence-corrected chi connectivity index (χ4v) is 5.77. The van der Waals surface area contributed by atoms with Crippen LogP contribution >= 0.6 is 0 Å². The van der Waals surface area contributed by atoms with Gasteiger partial charge >= 0.3 is 0 Å². The third-order valence-corrected chi connectivity index (χ3v) is 7.89. The zero-order valence-corrected chi connectivity index (χ0v) is 23.0. The van der Waals surface area contributed by atoms with Crippen LogP contribution in [0.1, 0.15) is 25.7 Å². The maximum absolute atomic E-state index is 15.5. The number of fused-ring (bicyclic) bond motifs is 1. The van der Waals surface area contributed by atoms with E-state index in [4.69, 9.17) is 15.6 Å². The van der Waals surface area contributed by atoms with Gasteiger partial charge in [-0.25, -0.2) is 19.0 Å². The minimum Gasteiger partial charge on any atom is -0.457 e. The van der Waals surface area contributed by atoms with Gasteiger partial charge in [0.2, 0.25) is 0 Å². The molecule has 0 radical (unpaired) electrons. The topological polar surface area (TPSA) is 135 Å². The standard InChI is InChI=1S/C31H31FN8O2/c32-26-16-24(42-23-6-2-1-3-7-23)8-9-25(26)28-27-29(34)36-19-37-30(27)40(38-28)18-22-5-4-14-39(22)31(41)21(17-33)15-20-10-12-35-13-11-20/h1-3,6-9,15-16,19-20,22,35H,4-5,10-14,18H2,(H2,34,36,37)/b21-15+/t22-/m0/s1. The van der Waals surface area contributed by atoms with Gasteiger partial charge < -0.3 is 20.7 Å². The number of hydrogen-bond acceptors (Lipinski definition) is 8. The molecule has 4 heterocycles. The van der Waals surface area contributed by atoms with E-state index >= 15 is 4.39 Å². The van der Waals surface area contributed by atoms with Crippen LogP contribution in [0.4, 0.5) is 10.2 Å². The van der Waals surface area contributed by atoms with Crippen molar-refractivity contribution in [1.29, 1.82) is 5.26 Å². The Kier molecular flexibility index (Phi) is 7.79. The molecule has 2 aromatic carbocycles. The Morgan fingerprint density at radius 2 is 1.95 bits per heavy atom. The van der Waals surface area contributed by atoms with Gasteiger partial charge in [-0.05, 0) is 69.0 Å². The summed E-state index contributed by atoms with van der Waals surface area (Å²) in [5.41, 5.74) is 7.44. The Hall–Kier alpha value is -4.82. The van der Waals surface area contributed by atoms with Crippen molar-refractivity contribution in [3.05, 3.63) is 72.3 Å². The number of hydrogen-bond donors (Lipinski definition) is 2. The van der Waals surface area contributed by atoms with Gasteiger partial charge in [0.1, 0.15) is 46.8 Å². The molecule has 0 spiro atoms. The first-order valence-electron chi connectivity index (χ1n) is 14.1. The van der Waals surface area contributed by atoms with Crippen LogP contribution in [-0.2, 0) is 11.3 Å². The van der Waals surface area contributed by atoms with Crippen molar-refractivity contribution in [2.24, 2.45) is 5.92 Å². The number of aromatic nitrogens is 4. The predicted molar refractivity (Wildman–Crippen MR) is 156 cm³/mol. The van der Waals surface area contributed by atoms with Gasteiger partial charge in [-0.3, -0.25) is 4.79 Å². The average molecular weight is 567 g/mol. The maximum atomic E-state index is 15.5. The summed E-state index contributed by atoms with van der Waals surface area (Å²) in [5.74, 6) is 0.546. The summed E-state index contributed by atoms with van der Waals surface area (Å²) in [6.07, 6.45) is 6.54. The van der Waals surface area contributed by atoms with Crippen LogP contribution in [0.5, 0.6) is 11.5 Å². The van der Waals surface area contributed by atoms with E-state index in [2.05, 4.69) is 21.4 Å². The number of allylic oxidation sites excluding steroid dienone is 1. The Morgan fingerprint density at radius 1 is 1.14 bits per heavy atom. The smallest absolute Gasteiger partial charge is 0.264 e. The first-order valence-corrected chi connectivity index (χ1v) is 14.1. The van der Waals surface area contributed by atoms with Crippen LogP contribution in [0, 0.1) is 23.1 Å². The van der Waals surface area contributed by atoms with Crippen molar-refractivity contribution in [3.8, 4) is 28.8 Å². The first-order chi connectivity index (χ1) is 20.5. The summed E-state index contributed by atoms with van der Waals surface area (Å²) in [6, 6.07) is 15.6. The Morgan fingerprint density at radius 3 is 2.71 bits per heavy atom. The van der Waals surface area contributed by atoms with Gasteiger partial charge in [0, 0.05) is 18.2 Å². The molecule has 1 atom stereocenters. The highest BCUT2D eigenvalue weighted by Crippen LogP contribution is 2.35. The summed E-state index contributed by atoms with van der Waals surface area (Å²) >= 11 is 0. The molecule has 0 saturated carbocycles. The molecule has 4 aromatic rings. The SMILES string of the molecule is N#C/C(=C\C1CCNCC1)C(=O)N1CCC[C@H]1Cn1nc(-c2ccc(Oc3ccccc3)cc2F)c2c(N)ncnc21. The number of para-hydroxylation sites is 1. The highest BCUT2D eigenvalue weighted by Gasteiger charge is 2.33. The van der Waals surface area contributed by atoms with Crippen molar-refractivity contribution >= 4 is 22.8 Å². The second kappa shape index (κ2) is 12.0. The Balaban J connectivity index is 1.28. The molecule has 2 fully saturated rings. The molecule has 11 heteroatoms.